The van der Waals surface area contributed by atoms with Crippen molar-refractivity contribution in [2.24, 2.45) is 5.92 Å². The predicted molar refractivity (Wildman–Crippen MR) is 62.9 cm³/mol. The van der Waals surface area contributed by atoms with Crippen molar-refractivity contribution in [2.75, 3.05) is 13.1 Å². The third kappa shape index (κ3) is 2.21. The van der Waals surface area contributed by atoms with Crippen LogP contribution in [0.3, 0.4) is 0 Å². The molecule has 2 heteroatoms. The third-order valence-electron chi connectivity index (χ3n) is 4.68. The van der Waals surface area contributed by atoms with Crippen LogP contribution in [0.5, 0.6) is 0 Å². The lowest BCUT2D eigenvalue weighted by molar-refractivity contribution is 0.128. The van der Waals surface area contributed by atoms with Crippen molar-refractivity contribution in [1.29, 1.82) is 0 Å². The van der Waals surface area contributed by atoms with Crippen molar-refractivity contribution in [3.05, 3.63) is 0 Å². The highest BCUT2D eigenvalue weighted by Gasteiger charge is 2.34. The van der Waals surface area contributed by atoms with Gasteiger partial charge in [-0.2, -0.15) is 0 Å². The second kappa shape index (κ2) is 4.06. The predicted octanol–water partition coefficient (Wildman–Crippen LogP) is 2.00. The number of hydrogen-bond acceptors (Lipinski definition) is 2. The molecule has 0 spiro atoms. The zero-order chi connectivity index (χ0) is 10.3. The number of nitrogens with one attached hydrogen (secondary N) is 1. The highest BCUT2D eigenvalue weighted by molar-refractivity contribution is 4.92. The third-order valence-corrected chi connectivity index (χ3v) is 4.68. The first-order chi connectivity index (χ1) is 7.33. The van der Waals surface area contributed by atoms with Gasteiger partial charge in [0.1, 0.15) is 0 Å². The summed E-state index contributed by atoms with van der Waals surface area (Å²) in [6, 6.07) is 2.54. The monoisotopic (exact) mass is 208 g/mol. The second-order valence-corrected chi connectivity index (χ2v) is 5.85. The van der Waals surface area contributed by atoms with E-state index in [1.165, 1.54) is 51.6 Å². The van der Waals surface area contributed by atoms with Crippen LogP contribution in [-0.2, 0) is 0 Å². The summed E-state index contributed by atoms with van der Waals surface area (Å²) in [6.45, 7) is 5.10. The van der Waals surface area contributed by atoms with Gasteiger partial charge in [-0.15, -0.1) is 0 Å². The van der Waals surface area contributed by atoms with E-state index in [-0.39, 0.29) is 0 Å². The Bertz CT molecular complexity index is 221. The summed E-state index contributed by atoms with van der Waals surface area (Å²) in [5.41, 5.74) is 0. The SMILES string of the molecule is CC(C1CCC1)N1CCC(NC2CC2)C1. The quantitative estimate of drug-likeness (QED) is 0.760. The highest BCUT2D eigenvalue weighted by atomic mass is 15.2. The minimum atomic E-state index is 0.806. The second-order valence-electron chi connectivity index (χ2n) is 5.85. The summed E-state index contributed by atoms with van der Waals surface area (Å²) >= 11 is 0. The summed E-state index contributed by atoms with van der Waals surface area (Å²) in [5.74, 6) is 1.02. The molecule has 1 saturated heterocycles. The normalized spacial score (nSPS) is 35.4. The Balaban J connectivity index is 1.46. The van der Waals surface area contributed by atoms with Gasteiger partial charge in [-0.1, -0.05) is 6.42 Å². The molecule has 2 saturated carbocycles. The van der Waals surface area contributed by atoms with E-state index in [9.17, 15) is 0 Å². The molecule has 2 unspecified atom stereocenters. The lowest BCUT2D eigenvalue weighted by Crippen LogP contribution is -2.42. The molecule has 0 aromatic carbocycles. The molecule has 1 heterocycles. The average molecular weight is 208 g/mol. The van der Waals surface area contributed by atoms with Crippen LogP contribution < -0.4 is 5.32 Å². The molecular formula is C13H24N2. The van der Waals surface area contributed by atoms with E-state index in [0.29, 0.717) is 0 Å². The lowest BCUT2D eigenvalue weighted by Gasteiger charge is -2.37. The zero-order valence-electron chi connectivity index (χ0n) is 9.91. The van der Waals surface area contributed by atoms with Crippen LogP contribution >= 0.6 is 0 Å². The number of likely N-dealkylation sites (tertiary alicyclic amines) is 1. The molecule has 15 heavy (non-hydrogen) atoms. The van der Waals surface area contributed by atoms with Gasteiger partial charge < -0.3 is 5.32 Å². The van der Waals surface area contributed by atoms with Crippen LogP contribution in [0.4, 0.5) is 0 Å². The van der Waals surface area contributed by atoms with Crippen LogP contribution in [0.1, 0.15) is 45.4 Å². The first-order valence-corrected chi connectivity index (χ1v) is 6.83. The number of hydrogen-bond donors (Lipinski definition) is 1. The minimum Gasteiger partial charge on any atom is -0.310 e. The molecular weight excluding hydrogens is 184 g/mol. The van der Waals surface area contributed by atoms with E-state index in [2.05, 4.69) is 17.1 Å². The maximum atomic E-state index is 3.77. The van der Waals surface area contributed by atoms with E-state index in [0.717, 1.165) is 24.0 Å². The summed E-state index contributed by atoms with van der Waals surface area (Å²) in [4.78, 5) is 2.73. The van der Waals surface area contributed by atoms with Gasteiger partial charge in [0.15, 0.2) is 0 Å². The summed E-state index contributed by atoms with van der Waals surface area (Å²) in [7, 11) is 0. The maximum Gasteiger partial charge on any atom is 0.0209 e. The van der Waals surface area contributed by atoms with E-state index in [1.807, 2.05) is 0 Å². The summed E-state index contributed by atoms with van der Waals surface area (Å²) in [6.07, 6.45) is 8.68. The van der Waals surface area contributed by atoms with Gasteiger partial charge in [-0.3, -0.25) is 4.90 Å². The Morgan fingerprint density at radius 1 is 1.07 bits per heavy atom. The van der Waals surface area contributed by atoms with Crippen LogP contribution in [-0.4, -0.2) is 36.1 Å². The van der Waals surface area contributed by atoms with Crippen molar-refractivity contribution in [1.82, 2.24) is 10.2 Å². The molecule has 1 N–H and O–H groups in total. The Kier molecular flexibility index (Phi) is 2.73. The lowest BCUT2D eigenvalue weighted by atomic mass is 9.80. The highest BCUT2D eigenvalue weighted by Crippen LogP contribution is 2.33. The topological polar surface area (TPSA) is 15.3 Å². The molecule has 3 aliphatic rings. The molecule has 0 amide bonds. The van der Waals surface area contributed by atoms with Crippen molar-refractivity contribution in [3.8, 4) is 0 Å². The van der Waals surface area contributed by atoms with Crippen LogP contribution in [0.2, 0.25) is 0 Å². The fourth-order valence-electron chi connectivity index (χ4n) is 3.10. The van der Waals surface area contributed by atoms with Gasteiger partial charge in [0, 0.05) is 31.2 Å². The van der Waals surface area contributed by atoms with Gasteiger partial charge >= 0.3 is 0 Å². The Labute approximate surface area is 93.4 Å². The first-order valence-electron chi connectivity index (χ1n) is 6.83. The maximum absolute atomic E-state index is 3.77. The average Bonchev–Trinajstić information content (AvgIpc) is 2.79. The van der Waals surface area contributed by atoms with Crippen LogP contribution in [0, 0.1) is 5.92 Å². The number of nitrogens with zero attached hydrogens (tertiary/aromatic N) is 1. The van der Waals surface area contributed by atoms with E-state index in [1.54, 1.807) is 0 Å². The zero-order valence-corrected chi connectivity index (χ0v) is 9.91. The van der Waals surface area contributed by atoms with Gasteiger partial charge in [0.05, 0.1) is 0 Å². The van der Waals surface area contributed by atoms with Crippen molar-refractivity contribution >= 4 is 0 Å². The van der Waals surface area contributed by atoms with E-state index >= 15 is 0 Å². The van der Waals surface area contributed by atoms with Gasteiger partial charge in [-0.05, 0) is 44.9 Å². The minimum absolute atomic E-state index is 0.806. The molecule has 3 fully saturated rings. The van der Waals surface area contributed by atoms with Gasteiger partial charge in [0.25, 0.3) is 0 Å². The molecule has 0 aromatic rings. The Morgan fingerprint density at radius 3 is 2.47 bits per heavy atom. The standard InChI is InChI=1S/C13H24N2/c1-10(11-3-2-4-11)15-8-7-13(9-15)14-12-5-6-12/h10-14H,2-9H2,1H3. The van der Waals surface area contributed by atoms with Gasteiger partial charge in [0.2, 0.25) is 0 Å². The fourth-order valence-corrected chi connectivity index (χ4v) is 3.10. The van der Waals surface area contributed by atoms with Crippen molar-refractivity contribution < 1.29 is 0 Å². The van der Waals surface area contributed by atoms with Crippen molar-refractivity contribution in [2.45, 2.75) is 63.6 Å². The van der Waals surface area contributed by atoms with Crippen molar-refractivity contribution in [3.63, 3.8) is 0 Å². The first kappa shape index (κ1) is 10.1. The van der Waals surface area contributed by atoms with Crippen LogP contribution in [0.25, 0.3) is 0 Å². The molecule has 0 aromatic heterocycles. The molecule has 0 radical (unpaired) electrons. The molecule has 2 atom stereocenters. The molecule has 2 aliphatic carbocycles. The molecule has 3 rings (SSSR count). The summed E-state index contributed by atoms with van der Waals surface area (Å²) in [5, 5.41) is 3.77. The molecule has 86 valence electrons. The van der Waals surface area contributed by atoms with Gasteiger partial charge in [-0.25, -0.2) is 0 Å². The molecule has 0 bridgehead atoms. The number of rotatable bonds is 4. The van der Waals surface area contributed by atoms with E-state index < -0.39 is 0 Å². The fraction of sp³-hybridized carbons (Fsp3) is 1.00. The largest absolute Gasteiger partial charge is 0.310 e. The smallest absolute Gasteiger partial charge is 0.0209 e. The Hall–Kier alpha value is -0.0800. The Morgan fingerprint density at radius 2 is 1.87 bits per heavy atom. The molecule has 1 aliphatic heterocycles. The molecule has 2 nitrogen and oxygen atoms in total. The summed E-state index contributed by atoms with van der Waals surface area (Å²) < 4.78 is 0. The van der Waals surface area contributed by atoms with E-state index in [4.69, 9.17) is 0 Å². The van der Waals surface area contributed by atoms with Crippen LogP contribution in [0.15, 0.2) is 0 Å².